The molecule has 1 unspecified atom stereocenters. The van der Waals surface area contributed by atoms with Gasteiger partial charge in [-0.15, -0.1) is 12.8 Å². The Kier molecular flexibility index (Phi) is 19.9. The second-order valence-electron chi connectivity index (χ2n) is 9.33. The van der Waals surface area contributed by atoms with Crippen molar-refractivity contribution in [2.45, 2.75) is 80.9 Å². The van der Waals surface area contributed by atoms with E-state index in [1.54, 1.807) is 7.11 Å². The maximum absolute atomic E-state index is 5.46. The molecular weight excluding hydrogens is 498 g/mol. The van der Waals surface area contributed by atoms with Crippen LogP contribution in [0.2, 0.25) is 0 Å². The van der Waals surface area contributed by atoms with Crippen LogP contribution in [0.1, 0.15) is 78.6 Å². The van der Waals surface area contributed by atoms with Crippen LogP contribution in [-0.2, 0) is 11.3 Å². The lowest BCUT2D eigenvalue weighted by molar-refractivity contribution is 0.0511. The Balaban J connectivity index is 0.00000363. The smallest absolute Gasteiger partial charge is 0.188 e. The quantitative estimate of drug-likeness (QED) is 0.0817. The van der Waals surface area contributed by atoms with Gasteiger partial charge in [-0.25, -0.2) is 9.67 Å². The van der Waals surface area contributed by atoms with Crippen molar-refractivity contribution in [2.24, 2.45) is 4.99 Å². The summed E-state index contributed by atoms with van der Waals surface area (Å²) >= 11 is 0. The summed E-state index contributed by atoms with van der Waals surface area (Å²) in [5.74, 6) is 1.73. The fraction of sp³-hybridized carbons (Fsp3) is 0.515. The summed E-state index contributed by atoms with van der Waals surface area (Å²) in [6.45, 7) is 19.8. The van der Waals surface area contributed by atoms with Gasteiger partial charge in [-0.05, 0) is 96.4 Å². The third kappa shape index (κ3) is 13.3. The summed E-state index contributed by atoms with van der Waals surface area (Å²) in [6, 6.07) is 8.17. The van der Waals surface area contributed by atoms with Crippen LogP contribution in [0.15, 0.2) is 58.8 Å². The van der Waals surface area contributed by atoms with Crippen molar-refractivity contribution >= 4 is 11.5 Å². The number of benzene rings is 1. The highest BCUT2D eigenvalue weighted by Gasteiger charge is 2.13. The number of aromatic nitrogens is 2. The summed E-state index contributed by atoms with van der Waals surface area (Å²) in [5.41, 5.74) is 5.81. The Labute approximate surface area is 244 Å². The maximum Gasteiger partial charge on any atom is 0.188 e. The van der Waals surface area contributed by atoms with Gasteiger partial charge in [-0.1, -0.05) is 45.1 Å². The van der Waals surface area contributed by atoms with E-state index in [9.17, 15) is 0 Å². The fourth-order valence-corrected chi connectivity index (χ4v) is 3.77. The Morgan fingerprint density at radius 1 is 1.18 bits per heavy atom. The van der Waals surface area contributed by atoms with E-state index in [1.807, 2.05) is 36.9 Å². The van der Waals surface area contributed by atoms with Gasteiger partial charge in [0, 0.05) is 24.9 Å². The minimum atomic E-state index is 0.0561. The van der Waals surface area contributed by atoms with Gasteiger partial charge in [0.25, 0.3) is 0 Å². The summed E-state index contributed by atoms with van der Waals surface area (Å²) in [6.07, 6.45) is 16.4. The summed E-state index contributed by atoms with van der Waals surface area (Å²) in [7, 11) is 3.77. The minimum absolute atomic E-state index is 0.0561. The average Bonchev–Trinajstić information content (AvgIpc) is 3.34. The lowest BCUT2D eigenvalue weighted by Gasteiger charge is -2.19. The van der Waals surface area contributed by atoms with Crippen LogP contribution in [0, 0.1) is 19.8 Å². The predicted molar refractivity (Wildman–Crippen MR) is 171 cm³/mol. The first kappa shape index (κ1) is 36.8. The molecule has 0 bridgehead atoms. The zero-order valence-corrected chi connectivity index (χ0v) is 26.6. The summed E-state index contributed by atoms with van der Waals surface area (Å²) in [4.78, 5) is 7.29. The number of terminal acetylenes is 1. The monoisotopic (exact) mass is 551 g/mol. The van der Waals surface area contributed by atoms with Crippen LogP contribution < -0.4 is 10.1 Å². The molecule has 1 N–H and O–H groups in total. The van der Waals surface area contributed by atoms with E-state index in [1.165, 1.54) is 16.7 Å². The second kappa shape index (κ2) is 21.6. The molecule has 40 heavy (non-hydrogen) atoms. The van der Waals surface area contributed by atoms with Crippen molar-refractivity contribution < 1.29 is 9.47 Å². The second-order valence-corrected chi connectivity index (χ2v) is 9.33. The van der Waals surface area contributed by atoms with E-state index in [0.717, 1.165) is 55.3 Å². The molecule has 0 radical (unpaired) electrons. The van der Waals surface area contributed by atoms with Crippen LogP contribution in [-0.4, -0.2) is 54.4 Å². The molecule has 1 atom stereocenters. The number of methoxy groups -OCH3 is 1. The lowest BCUT2D eigenvalue weighted by atomic mass is 10.1. The van der Waals surface area contributed by atoms with Crippen LogP contribution in [0.3, 0.4) is 0 Å². The van der Waals surface area contributed by atoms with Gasteiger partial charge in [0.2, 0.25) is 0 Å². The van der Waals surface area contributed by atoms with Crippen LogP contribution in [0.25, 0.3) is 0 Å². The molecule has 0 aliphatic carbocycles. The number of ether oxygens (including phenoxy) is 2. The third-order valence-electron chi connectivity index (χ3n) is 6.20. The Hall–Kier alpha value is -3.18. The van der Waals surface area contributed by atoms with E-state index < -0.39 is 0 Å². The van der Waals surface area contributed by atoms with Gasteiger partial charge in [0.1, 0.15) is 11.9 Å². The SMILES string of the molecule is C#C.CC.CC\C=C/C(C)=C(C)/C(C)=N/c1c(C)cnn1C(C)NCCCN(C)Cc1ccc(OCOC)cc1. The maximum atomic E-state index is 5.46. The van der Waals surface area contributed by atoms with Crippen molar-refractivity contribution in [1.29, 1.82) is 0 Å². The van der Waals surface area contributed by atoms with Gasteiger partial charge < -0.3 is 14.4 Å². The molecule has 7 heteroatoms. The number of nitrogens with one attached hydrogen (secondary N) is 1. The third-order valence-corrected chi connectivity index (χ3v) is 6.20. The van der Waals surface area contributed by atoms with Gasteiger partial charge in [0.05, 0.1) is 6.20 Å². The average molecular weight is 552 g/mol. The standard InChI is InChI=1S/C29H45N5O2.C2H6.C2H2/c1-9-10-12-22(2)24(4)25(5)32-29-23(3)19-31-34(29)26(6)30-17-11-18-33(7)20-27-13-15-28(16-14-27)36-21-35-8;2*1-2/h10,12-16,19,26,30H,9,11,17-18,20-21H2,1-8H3;1-2H3;1-2H/b12-10-,24-22+,32-25+;;. The number of aliphatic imine (C=N–C) groups is 1. The predicted octanol–water partition coefficient (Wildman–Crippen LogP) is 7.48. The van der Waals surface area contributed by atoms with Gasteiger partial charge in [-0.3, -0.25) is 5.32 Å². The highest BCUT2D eigenvalue weighted by Crippen LogP contribution is 2.23. The van der Waals surface area contributed by atoms with E-state index in [4.69, 9.17) is 14.5 Å². The Morgan fingerprint density at radius 3 is 2.42 bits per heavy atom. The molecule has 1 heterocycles. The first-order valence-electron chi connectivity index (χ1n) is 14.2. The molecule has 7 nitrogen and oxygen atoms in total. The molecule has 0 saturated carbocycles. The fourth-order valence-electron chi connectivity index (χ4n) is 3.77. The number of hydrogen-bond acceptors (Lipinski definition) is 6. The molecule has 222 valence electrons. The number of hydrogen-bond donors (Lipinski definition) is 1. The van der Waals surface area contributed by atoms with E-state index >= 15 is 0 Å². The van der Waals surface area contributed by atoms with Crippen molar-refractivity contribution in [3.05, 3.63) is 64.9 Å². The zero-order chi connectivity index (χ0) is 30.5. The number of allylic oxidation sites excluding steroid dienone is 4. The van der Waals surface area contributed by atoms with E-state index in [2.05, 4.69) is 101 Å². The first-order valence-corrected chi connectivity index (χ1v) is 14.2. The molecule has 0 spiro atoms. The molecule has 0 aliphatic rings. The molecule has 1 aromatic carbocycles. The van der Waals surface area contributed by atoms with Gasteiger partial charge in [0.15, 0.2) is 12.6 Å². The number of aryl methyl sites for hydroxylation is 1. The molecule has 0 amide bonds. The lowest BCUT2D eigenvalue weighted by Crippen LogP contribution is -2.28. The molecule has 2 aromatic rings. The van der Waals surface area contributed by atoms with Crippen LogP contribution in [0.5, 0.6) is 5.75 Å². The minimum Gasteiger partial charge on any atom is -0.468 e. The molecule has 1 aromatic heterocycles. The summed E-state index contributed by atoms with van der Waals surface area (Å²) in [5, 5.41) is 8.21. The summed E-state index contributed by atoms with van der Waals surface area (Å²) < 4.78 is 12.4. The largest absolute Gasteiger partial charge is 0.468 e. The zero-order valence-electron chi connectivity index (χ0n) is 26.6. The molecule has 0 saturated heterocycles. The van der Waals surface area contributed by atoms with Crippen LogP contribution >= 0.6 is 0 Å². The highest BCUT2D eigenvalue weighted by atomic mass is 16.7. The topological polar surface area (TPSA) is 63.9 Å². The molecule has 0 fully saturated rings. The van der Waals surface area contributed by atoms with E-state index in [0.29, 0.717) is 0 Å². The highest BCUT2D eigenvalue weighted by molar-refractivity contribution is 6.00. The van der Waals surface area contributed by atoms with Crippen molar-refractivity contribution in [1.82, 2.24) is 20.0 Å². The van der Waals surface area contributed by atoms with E-state index in [-0.39, 0.29) is 13.0 Å². The Morgan fingerprint density at radius 2 is 1.82 bits per heavy atom. The number of nitrogens with zero attached hydrogens (tertiary/aromatic N) is 4. The van der Waals surface area contributed by atoms with Crippen molar-refractivity contribution in [2.75, 3.05) is 34.0 Å². The molecule has 0 aliphatic heterocycles. The van der Waals surface area contributed by atoms with Crippen LogP contribution in [0.4, 0.5) is 5.82 Å². The van der Waals surface area contributed by atoms with Crippen molar-refractivity contribution in [3.63, 3.8) is 0 Å². The Bertz CT molecular complexity index is 1060. The molecule has 2 rings (SSSR count). The first-order chi connectivity index (χ1) is 19.3. The molecular formula is C33H53N5O2. The van der Waals surface area contributed by atoms with Crippen molar-refractivity contribution in [3.8, 4) is 18.6 Å². The normalized spacial score (nSPS) is 12.8. The van der Waals surface area contributed by atoms with Gasteiger partial charge >= 0.3 is 0 Å². The number of rotatable bonds is 15. The van der Waals surface area contributed by atoms with Gasteiger partial charge in [-0.2, -0.15) is 5.10 Å².